The van der Waals surface area contributed by atoms with Crippen molar-refractivity contribution < 1.29 is 9.90 Å². The highest BCUT2D eigenvalue weighted by Gasteiger charge is 2.10. The van der Waals surface area contributed by atoms with E-state index >= 15 is 0 Å². The Bertz CT molecular complexity index is 467. The van der Waals surface area contributed by atoms with Crippen molar-refractivity contribution in [2.24, 2.45) is 0 Å². The predicted molar refractivity (Wildman–Crippen MR) is 76.9 cm³/mol. The standard InChI is InChI=1S/C16H21NO2/c1-3-15(4-2)17-16(19)14-10-7-9-13(12-14)8-5-6-11-18/h7,9-10,12,15,18H,3-4,6,11H2,1-2H3,(H,17,19). The number of carbonyl (C=O) groups excluding carboxylic acids is 1. The lowest BCUT2D eigenvalue weighted by molar-refractivity contribution is 0.0935. The van der Waals surface area contributed by atoms with Crippen LogP contribution in [0.25, 0.3) is 0 Å². The molecular formula is C16H21NO2. The Kier molecular flexibility index (Phi) is 6.70. The normalized spacial score (nSPS) is 9.89. The number of carbonyl (C=O) groups is 1. The zero-order valence-electron chi connectivity index (χ0n) is 11.6. The monoisotopic (exact) mass is 259 g/mol. The molecule has 19 heavy (non-hydrogen) atoms. The molecule has 1 aromatic carbocycles. The van der Waals surface area contributed by atoms with E-state index in [-0.39, 0.29) is 18.6 Å². The van der Waals surface area contributed by atoms with Gasteiger partial charge in [-0.3, -0.25) is 4.79 Å². The lowest BCUT2D eigenvalue weighted by Crippen LogP contribution is -2.33. The van der Waals surface area contributed by atoms with Crippen molar-refractivity contribution >= 4 is 5.91 Å². The molecule has 0 unspecified atom stereocenters. The lowest BCUT2D eigenvalue weighted by Gasteiger charge is -2.14. The molecular weight excluding hydrogens is 238 g/mol. The molecule has 3 heteroatoms. The van der Waals surface area contributed by atoms with Crippen molar-refractivity contribution in [2.45, 2.75) is 39.2 Å². The molecule has 0 aliphatic heterocycles. The Morgan fingerprint density at radius 1 is 1.37 bits per heavy atom. The van der Waals surface area contributed by atoms with Crippen LogP contribution in [0.1, 0.15) is 49.0 Å². The van der Waals surface area contributed by atoms with E-state index in [4.69, 9.17) is 5.11 Å². The van der Waals surface area contributed by atoms with Gasteiger partial charge in [0, 0.05) is 23.6 Å². The summed E-state index contributed by atoms with van der Waals surface area (Å²) in [6, 6.07) is 7.47. The molecule has 0 saturated heterocycles. The van der Waals surface area contributed by atoms with Crippen LogP contribution >= 0.6 is 0 Å². The van der Waals surface area contributed by atoms with Crippen molar-refractivity contribution in [3.05, 3.63) is 35.4 Å². The smallest absolute Gasteiger partial charge is 0.251 e. The summed E-state index contributed by atoms with van der Waals surface area (Å²) >= 11 is 0. The second-order valence-corrected chi connectivity index (χ2v) is 4.34. The van der Waals surface area contributed by atoms with Crippen LogP contribution in [0.15, 0.2) is 24.3 Å². The molecule has 0 spiro atoms. The first-order chi connectivity index (χ1) is 9.21. The van der Waals surface area contributed by atoms with E-state index in [1.54, 1.807) is 12.1 Å². The molecule has 0 saturated carbocycles. The summed E-state index contributed by atoms with van der Waals surface area (Å²) in [6.07, 6.45) is 2.31. The summed E-state index contributed by atoms with van der Waals surface area (Å²) in [5.41, 5.74) is 1.42. The number of hydrogen-bond acceptors (Lipinski definition) is 2. The number of aliphatic hydroxyl groups excluding tert-OH is 1. The molecule has 1 rings (SSSR count). The summed E-state index contributed by atoms with van der Waals surface area (Å²) in [4.78, 5) is 12.1. The van der Waals surface area contributed by atoms with Crippen LogP contribution in [0, 0.1) is 11.8 Å². The average Bonchev–Trinajstić information content (AvgIpc) is 2.45. The summed E-state index contributed by atoms with van der Waals surface area (Å²) in [7, 11) is 0. The fourth-order valence-electron chi connectivity index (χ4n) is 1.72. The van der Waals surface area contributed by atoms with Gasteiger partial charge >= 0.3 is 0 Å². The van der Waals surface area contributed by atoms with Gasteiger partial charge in [-0.15, -0.1) is 0 Å². The zero-order valence-corrected chi connectivity index (χ0v) is 11.6. The van der Waals surface area contributed by atoms with Crippen molar-refractivity contribution in [3.63, 3.8) is 0 Å². The Morgan fingerprint density at radius 3 is 2.74 bits per heavy atom. The third-order valence-corrected chi connectivity index (χ3v) is 2.92. The van der Waals surface area contributed by atoms with E-state index in [2.05, 4.69) is 31.0 Å². The zero-order chi connectivity index (χ0) is 14.1. The minimum Gasteiger partial charge on any atom is -0.395 e. The minimum absolute atomic E-state index is 0.0560. The molecule has 0 aliphatic rings. The number of amides is 1. The third kappa shape index (κ3) is 5.15. The van der Waals surface area contributed by atoms with Gasteiger partial charge in [0.05, 0.1) is 6.61 Å². The molecule has 0 aromatic heterocycles. The van der Waals surface area contributed by atoms with Crippen LogP contribution in [-0.2, 0) is 0 Å². The van der Waals surface area contributed by atoms with Gasteiger partial charge in [-0.05, 0) is 31.0 Å². The van der Waals surface area contributed by atoms with Gasteiger partial charge in [-0.2, -0.15) is 0 Å². The molecule has 0 bridgehead atoms. The lowest BCUT2D eigenvalue weighted by atomic mass is 10.1. The molecule has 0 fully saturated rings. The van der Waals surface area contributed by atoms with Gasteiger partial charge in [0.1, 0.15) is 0 Å². The number of rotatable bonds is 5. The summed E-state index contributed by atoms with van der Waals surface area (Å²) in [6.45, 7) is 4.18. The maximum absolute atomic E-state index is 12.1. The van der Waals surface area contributed by atoms with E-state index in [9.17, 15) is 4.79 Å². The fraction of sp³-hybridized carbons (Fsp3) is 0.438. The fourth-order valence-corrected chi connectivity index (χ4v) is 1.72. The number of benzene rings is 1. The SMILES string of the molecule is CCC(CC)NC(=O)c1cccc(C#CCCO)c1. The van der Waals surface area contributed by atoms with Crippen molar-refractivity contribution in [3.8, 4) is 11.8 Å². The van der Waals surface area contributed by atoms with Gasteiger partial charge in [0.2, 0.25) is 0 Å². The highest BCUT2D eigenvalue weighted by Crippen LogP contribution is 2.06. The summed E-state index contributed by atoms with van der Waals surface area (Å²) in [5.74, 6) is 5.73. The van der Waals surface area contributed by atoms with Gasteiger partial charge in [-0.25, -0.2) is 0 Å². The van der Waals surface area contributed by atoms with Crippen LogP contribution in [0.4, 0.5) is 0 Å². The second-order valence-electron chi connectivity index (χ2n) is 4.34. The van der Waals surface area contributed by atoms with E-state index < -0.39 is 0 Å². The Hall–Kier alpha value is -1.79. The van der Waals surface area contributed by atoms with Crippen molar-refractivity contribution in [2.75, 3.05) is 6.61 Å². The maximum Gasteiger partial charge on any atom is 0.251 e. The van der Waals surface area contributed by atoms with Gasteiger partial charge in [0.25, 0.3) is 5.91 Å². The van der Waals surface area contributed by atoms with Crippen LogP contribution in [0.3, 0.4) is 0 Å². The average molecular weight is 259 g/mol. The molecule has 1 amide bonds. The first-order valence-electron chi connectivity index (χ1n) is 6.71. The largest absolute Gasteiger partial charge is 0.395 e. The van der Waals surface area contributed by atoms with Crippen molar-refractivity contribution in [1.29, 1.82) is 0 Å². The van der Waals surface area contributed by atoms with Crippen molar-refractivity contribution in [1.82, 2.24) is 5.32 Å². The molecule has 3 nitrogen and oxygen atoms in total. The predicted octanol–water partition coefficient (Wildman–Crippen LogP) is 2.34. The highest BCUT2D eigenvalue weighted by atomic mass is 16.2. The molecule has 0 atom stereocenters. The van der Waals surface area contributed by atoms with Crippen LogP contribution in [-0.4, -0.2) is 23.7 Å². The molecule has 0 heterocycles. The minimum atomic E-state index is -0.0560. The third-order valence-electron chi connectivity index (χ3n) is 2.92. The Balaban J connectivity index is 2.76. The molecule has 2 N–H and O–H groups in total. The first kappa shape index (κ1) is 15.3. The summed E-state index contributed by atoms with van der Waals surface area (Å²) in [5, 5.41) is 11.7. The van der Waals surface area contributed by atoms with Crippen LogP contribution < -0.4 is 5.32 Å². The van der Waals surface area contributed by atoms with E-state index in [0.29, 0.717) is 12.0 Å². The van der Waals surface area contributed by atoms with Gasteiger partial charge in [-0.1, -0.05) is 31.8 Å². The van der Waals surface area contributed by atoms with Crippen LogP contribution in [0.5, 0.6) is 0 Å². The first-order valence-corrected chi connectivity index (χ1v) is 6.71. The Labute approximate surface area is 115 Å². The quantitative estimate of drug-likeness (QED) is 0.797. The van der Waals surface area contributed by atoms with E-state index in [0.717, 1.165) is 18.4 Å². The number of hydrogen-bond donors (Lipinski definition) is 2. The highest BCUT2D eigenvalue weighted by molar-refractivity contribution is 5.94. The molecule has 0 radical (unpaired) electrons. The van der Waals surface area contributed by atoms with Crippen LogP contribution in [0.2, 0.25) is 0 Å². The van der Waals surface area contributed by atoms with Gasteiger partial charge in [0.15, 0.2) is 0 Å². The number of nitrogens with one attached hydrogen (secondary N) is 1. The molecule has 1 aromatic rings. The molecule has 0 aliphatic carbocycles. The number of aliphatic hydroxyl groups is 1. The van der Waals surface area contributed by atoms with Gasteiger partial charge < -0.3 is 10.4 Å². The maximum atomic E-state index is 12.1. The summed E-state index contributed by atoms with van der Waals surface area (Å²) < 4.78 is 0. The second kappa shape index (κ2) is 8.34. The molecule has 102 valence electrons. The van der Waals surface area contributed by atoms with E-state index in [1.807, 2.05) is 12.1 Å². The topological polar surface area (TPSA) is 49.3 Å². The Morgan fingerprint density at radius 2 is 2.11 bits per heavy atom. The van der Waals surface area contributed by atoms with E-state index in [1.165, 1.54) is 0 Å².